The molecule has 0 spiro atoms. The number of rotatable bonds is 10. The van der Waals surface area contributed by atoms with Crippen LogP contribution < -0.4 is 16.4 Å². The number of methoxy groups -OCH3 is 1. The lowest BCUT2D eigenvalue weighted by molar-refractivity contribution is -0.141. The van der Waals surface area contributed by atoms with E-state index in [1.54, 1.807) is 37.3 Å². The highest BCUT2D eigenvalue weighted by atomic mass is 16.5. The van der Waals surface area contributed by atoms with Gasteiger partial charge in [0.1, 0.15) is 6.04 Å². The Morgan fingerprint density at radius 3 is 2.22 bits per heavy atom. The molecule has 5 N–H and O–H groups in total. The standard InChI is InChI=1S/C18H25N3O6/c1-3-13(20-17(25)12(19)9-15(22)23)18(26)21-14(10-16(24)27-2)11-7-5-4-6-8-11/h4-8,12-14H,3,9-10,19H2,1-2H3,(H,20,25)(H,21,26)(H,22,23)/t12-,13?,14?/m0/s1. The first-order valence-electron chi connectivity index (χ1n) is 8.48. The Bertz CT molecular complexity index is 664. The zero-order valence-electron chi connectivity index (χ0n) is 15.3. The summed E-state index contributed by atoms with van der Waals surface area (Å²) in [5, 5.41) is 13.9. The molecule has 0 bridgehead atoms. The van der Waals surface area contributed by atoms with E-state index >= 15 is 0 Å². The zero-order valence-corrected chi connectivity index (χ0v) is 15.3. The van der Waals surface area contributed by atoms with Crippen molar-refractivity contribution in [1.82, 2.24) is 10.6 Å². The van der Waals surface area contributed by atoms with Gasteiger partial charge in [0, 0.05) is 0 Å². The minimum atomic E-state index is -1.26. The molecule has 9 heteroatoms. The number of esters is 1. The fraction of sp³-hybridized carbons (Fsp3) is 0.444. The lowest BCUT2D eigenvalue weighted by atomic mass is 10.0. The van der Waals surface area contributed by atoms with Crippen LogP contribution in [0, 0.1) is 0 Å². The van der Waals surface area contributed by atoms with Crippen LogP contribution in [0.25, 0.3) is 0 Å². The van der Waals surface area contributed by atoms with E-state index < -0.39 is 48.3 Å². The van der Waals surface area contributed by atoms with Crippen LogP contribution in [0.2, 0.25) is 0 Å². The van der Waals surface area contributed by atoms with Crippen molar-refractivity contribution >= 4 is 23.8 Å². The molecule has 0 heterocycles. The van der Waals surface area contributed by atoms with E-state index in [4.69, 9.17) is 10.8 Å². The summed E-state index contributed by atoms with van der Waals surface area (Å²) in [5.74, 6) is -2.95. The average molecular weight is 379 g/mol. The third-order valence-electron chi connectivity index (χ3n) is 3.89. The van der Waals surface area contributed by atoms with Crippen molar-refractivity contribution in [2.45, 2.75) is 44.3 Å². The first-order valence-corrected chi connectivity index (χ1v) is 8.48. The molecule has 1 aromatic carbocycles. The molecule has 148 valence electrons. The van der Waals surface area contributed by atoms with E-state index in [9.17, 15) is 19.2 Å². The molecular weight excluding hydrogens is 354 g/mol. The molecule has 0 aliphatic rings. The predicted octanol–water partition coefficient (Wildman–Crippen LogP) is 0.104. The van der Waals surface area contributed by atoms with Gasteiger partial charge in [0.05, 0.1) is 32.0 Å². The summed E-state index contributed by atoms with van der Waals surface area (Å²) in [7, 11) is 1.26. The molecule has 0 aliphatic carbocycles. The molecule has 0 fully saturated rings. The van der Waals surface area contributed by atoms with Crippen LogP contribution in [0.3, 0.4) is 0 Å². The normalized spacial score (nSPS) is 13.7. The maximum Gasteiger partial charge on any atom is 0.307 e. The molecule has 2 unspecified atom stereocenters. The number of ether oxygens (including phenoxy) is 1. The monoisotopic (exact) mass is 379 g/mol. The van der Waals surface area contributed by atoms with Crippen molar-refractivity contribution in [2.75, 3.05) is 7.11 Å². The molecule has 0 radical (unpaired) electrons. The lowest BCUT2D eigenvalue weighted by Gasteiger charge is -2.23. The SMILES string of the molecule is CCC(NC(=O)[C@@H](N)CC(=O)O)C(=O)NC(CC(=O)OC)c1ccccc1. The summed E-state index contributed by atoms with van der Waals surface area (Å²) in [6.07, 6.45) is -0.356. The Hall–Kier alpha value is -2.94. The smallest absolute Gasteiger partial charge is 0.307 e. The maximum atomic E-state index is 12.6. The van der Waals surface area contributed by atoms with Crippen LogP contribution in [-0.4, -0.2) is 48.1 Å². The molecule has 0 aliphatic heterocycles. The van der Waals surface area contributed by atoms with Gasteiger partial charge in [0.2, 0.25) is 11.8 Å². The molecule has 0 aromatic heterocycles. The second-order valence-electron chi connectivity index (χ2n) is 5.93. The summed E-state index contributed by atoms with van der Waals surface area (Å²) in [6.45, 7) is 1.69. The number of carbonyl (C=O) groups is 4. The van der Waals surface area contributed by atoms with E-state index in [1.165, 1.54) is 7.11 Å². The summed E-state index contributed by atoms with van der Waals surface area (Å²) < 4.78 is 4.67. The third kappa shape index (κ3) is 7.45. The van der Waals surface area contributed by atoms with Crippen LogP contribution >= 0.6 is 0 Å². The van der Waals surface area contributed by atoms with Crippen LogP contribution in [0.15, 0.2) is 30.3 Å². The number of nitrogens with two attached hydrogens (primary N) is 1. The van der Waals surface area contributed by atoms with Gasteiger partial charge in [-0.15, -0.1) is 0 Å². The summed E-state index contributed by atoms with van der Waals surface area (Å²) in [6, 6.07) is 6.06. The molecule has 0 saturated carbocycles. The van der Waals surface area contributed by atoms with Crippen molar-refractivity contribution in [3.63, 3.8) is 0 Å². The van der Waals surface area contributed by atoms with Crippen molar-refractivity contribution < 1.29 is 29.0 Å². The van der Waals surface area contributed by atoms with Gasteiger partial charge in [0.15, 0.2) is 0 Å². The van der Waals surface area contributed by atoms with Crippen LogP contribution in [0.5, 0.6) is 0 Å². The minimum Gasteiger partial charge on any atom is -0.481 e. The number of aliphatic carboxylic acids is 1. The minimum absolute atomic E-state index is 0.0742. The molecular formula is C18H25N3O6. The zero-order chi connectivity index (χ0) is 20.4. The van der Waals surface area contributed by atoms with E-state index in [1.807, 2.05) is 0 Å². The number of amides is 2. The van der Waals surface area contributed by atoms with Gasteiger partial charge in [-0.25, -0.2) is 0 Å². The van der Waals surface area contributed by atoms with Gasteiger partial charge in [-0.2, -0.15) is 0 Å². The highest BCUT2D eigenvalue weighted by molar-refractivity contribution is 5.91. The highest BCUT2D eigenvalue weighted by Gasteiger charge is 2.26. The number of hydrogen-bond donors (Lipinski definition) is 4. The molecule has 3 atom stereocenters. The summed E-state index contributed by atoms with van der Waals surface area (Å²) in [5.41, 5.74) is 6.22. The number of hydrogen-bond acceptors (Lipinski definition) is 6. The number of carbonyl (C=O) groups excluding carboxylic acids is 3. The number of carboxylic acids is 1. The first-order chi connectivity index (χ1) is 12.8. The second-order valence-corrected chi connectivity index (χ2v) is 5.93. The Labute approximate surface area is 157 Å². The number of nitrogens with one attached hydrogen (secondary N) is 2. The van der Waals surface area contributed by atoms with Crippen molar-refractivity contribution in [1.29, 1.82) is 0 Å². The predicted molar refractivity (Wildman–Crippen MR) is 96.4 cm³/mol. The quantitative estimate of drug-likeness (QED) is 0.422. The molecule has 0 saturated heterocycles. The Balaban J connectivity index is 2.83. The average Bonchev–Trinajstić information content (AvgIpc) is 2.65. The summed E-state index contributed by atoms with van der Waals surface area (Å²) in [4.78, 5) is 46.9. The van der Waals surface area contributed by atoms with Gasteiger partial charge in [0.25, 0.3) is 0 Å². The van der Waals surface area contributed by atoms with Gasteiger partial charge < -0.3 is 26.2 Å². The van der Waals surface area contributed by atoms with Crippen molar-refractivity contribution in [3.05, 3.63) is 35.9 Å². The largest absolute Gasteiger partial charge is 0.481 e. The van der Waals surface area contributed by atoms with Gasteiger partial charge in [-0.3, -0.25) is 19.2 Å². The molecule has 9 nitrogen and oxygen atoms in total. The van der Waals surface area contributed by atoms with E-state index in [0.29, 0.717) is 5.56 Å². The molecule has 27 heavy (non-hydrogen) atoms. The van der Waals surface area contributed by atoms with Gasteiger partial charge in [-0.05, 0) is 12.0 Å². The van der Waals surface area contributed by atoms with Crippen molar-refractivity contribution in [3.8, 4) is 0 Å². The van der Waals surface area contributed by atoms with Crippen molar-refractivity contribution in [2.24, 2.45) is 5.73 Å². The maximum absolute atomic E-state index is 12.6. The fourth-order valence-electron chi connectivity index (χ4n) is 2.37. The topological polar surface area (TPSA) is 148 Å². The number of carboxylic acid groups (broad SMARTS) is 1. The second kappa shape index (κ2) is 10.9. The van der Waals surface area contributed by atoms with Crippen LogP contribution in [-0.2, 0) is 23.9 Å². The molecule has 1 aromatic rings. The Morgan fingerprint density at radius 1 is 1.07 bits per heavy atom. The fourth-order valence-corrected chi connectivity index (χ4v) is 2.37. The molecule has 2 amide bonds. The lowest BCUT2D eigenvalue weighted by Crippen LogP contribution is -2.52. The van der Waals surface area contributed by atoms with Gasteiger partial charge >= 0.3 is 11.9 Å². The number of benzene rings is 1. The first kappa shape index (κ1) is 22.1. The highest BCUT2D eigenvalue weighted by Crippen LogP contribution is 2.17. The third-order valence-corrected chi connectivity index (χ3v) is 3.89. The van der Waals surface area contributed by atoms with Gasteiger partial charge in [-0.1, -0.05) is 37.3 Å². The van der Waals surface area contributed by atoms with Crippen LogP contribution in [0.1, 0.15) is 37.8 Å². The van der Waals surface area contributed by atoms with E-state index in [-0.39, 0.29) is 12.8 Å². The Kier molecular flexibility index (Phi) is 8.94. The summed E-state index contributed by atoms with van der Waals surface area (Å²) >= 11 is 0. The van der Waals surface area contributed by atoms with Crippen LogP contribution in [0.4, 0.5) is 0 Å². The van der Waals surface area contributed by atoms with E-state index in [0.717, 1.165) is 0 Å². The molecule has 1 rings (SSSR count). The Morgan fingerprint density at radius 2 is 1.70 bits per heavy atom. The van der Waals surface area contributed by atoms with E-state index in [2.05, 4.69) is 15.4 Å².